The number of nitrogens with two attached hydrogens (primary N) is 1. The third-order valence-corrected chi connectivity index (χ3v) is 1.49. The first-order valence-corrected chi connectivity index (χ1v) is 3.87. The van der Waals surface area contributed by atoms with E-state index in [4.69, 9.17) is 11.0 Å². The summed E-state index contributed by atoms with van der Waals surface area (Å²) in [5.41, 5.74) is 4.84. The number of aromatic nitrogens is 1. The van der Waals surface area contributed by atoms with E-state index in [1.54, 1.807) is 6.07 Å². The molecule has 1 rings (SSSR count). The third-order valence-electron chi connectivity index (χ3n) is 1.49. The van der Waals surface area contributed by atoms with Crippen LogP contribution in [0.4, 0.5) is 19.0 Å². The van der Waals surface area contributed by atoms with Gasteiger partial charge in [-0.3, -0.25) is 0 Å². The van der Waals surface area contributed by atoms with Gasteiger partial charge in [0, 0.05) is 6.07 Å². The van der Waals surface area contributed by atoms with Gasteiger partial charge < -0.3 is 15.2 Å². The molecule has 0 spiro atoms. The van der Waals surface area contributed by atoms with Gasteiger partial charge in [-0.2, -0.15) is 5.26 Å². The normalized spacial score (nSPS) is 10.7. The highest BCUT2D eigenvalue weighted by Gasteiger charge is 2.33. The number of nitrogens with zero attached hydrogens (tertiary/aromatic N) is 2. The average Bonchev–Trinajstić information content (AvgIpc) is 2.14. The van der Waals surface area contributed by atoms with Crippen LogP contribution in [-0.4, -0.2) is 18.5 Å². The number of methoxy groups -OCH3 is 1. The van der Waals surface area contributed by atoms with Gasteiger partial charge >= 0.3 is 6.36 Å². The monoisotopic (exact) mass is 233 g/mol. The van der Waals surface area contributed by atoms with E-state index in [2.05, 4.69) is 14.5 Å². The molecule has 0 aliphatic heterocycles. The van der Waals surface area contributed by atoms with Crippen molar-refractivity contribution >= 4 is 5.82 Å². The molecule has 0 fully saturated rings. The fraction of sp³-hybridized carbons (Fsp3) is 0.250. The fourth-order valence-electron chi connectivity index (χ4n) is 1.00. The van der Waals surface area contributed by atoms with Crippen LogP contribution in [0.2, 0.25) is 0 Å². The second-order valence-corrected chi connectivity index (χ2v) is 2.59. The molecule has 0 aromatic carbocycles. The van der Waals surface area contributed by atoms with Gasteiger partial charge in [-0.15, -0.1) is 13.2 Å². The number of halogens is 3. The Morgan fingerprint density at radius 3 is 2.56 bits per heavy atom. The molecule has 0 atom stereocenters. The van der Waals surface area contributed by atoms with Crippen molar-refractivity contribution in [2.75, 3.05) is 12.8 Å². The van der Waals surface area contributed by atoms with Crippen LogP contribution in [0.3, 0.4) is 0 Å². The third kappa shape index (κ3) is 2.66. The molecule has 0 bridgehead atoms. The van der Waals surface area contributed by atoms with Gasteiger partial charge in [0.25, 0.3) is 0 Å². The summed E-state index contributed by atoms with van der Waals surface area (Å²) in [6.07, 6.45) is -4.90. The van der Waals surface area contributed by atoms with Crippen LogP contribution in [-0.2, 0) is 0 Å². The average molecular weight is 233 g/mol. The molecule has 0 saturated heterocycles. The molecule has 1 heterocycles. The van der Waals surface area contributed by atoms with Gasteiger partial charge in [-0.25, -0.2) is 4.98 Å². The van der Waals surface area contributed by atoms with Gasteiger partial charge in [0.05, 0.1) is 7.11 Å². The first-order chi connectivity index (χ1) is 7.37. The second kappa shape index (κ2) is 4.14. The summed E-state index contributed by atoms with van der Waals surface area (Å²) < 4.78 is 44.3. The smallest absolute Gasteiger partial charge is 0.490 e. The van der Waals surface area contributed by atoms with Crippen molar-refractivity contribution in [2.24, 2.45) is 0 Å². The van der Waals surface area contributed by atoms with Crippen LogP contribution in [0.15, 0.2) is 6.07 Å². The van der Waals surface area contributed by atoms with E-state index in [0.717, 1.165) is 13.2 Å². The number of alkyl halides is 3. The zero-order valence-corrected chi connectivity index (χ0v) is 8.00. The van der Waals surface area contributed by atoms with Crippen LogP contribution < -0.4 is 15.2 Å². The molecule has 16 heavy (non-hydrogen) atoms. The molecule has 5 nitrogen and oxygen atoms in total. The predicted octanol–water partition coefficient (Wildman–Crippen LogP) is 1.44. The van der Waals surface area contributed by atoms with E-state index >= 15 is 0 Å². The maximum Gasteiger partial charge on any atom is 0.573 e. The number of nitrogen functional groups attached to an aromatic ring is 1. The Labute approximate surface area is 88.2 Å². The molecule has 0 aliphatic carbocycles. The first kappa shape index (κ1) is 11.9. The molecular weight excluding hydrogens is 227 g/mol. The molecule has 8 heteroatoms. The number of hydrogen-bond acceptors (Lipinski definition) is 5. The van der Waals surface area contributed by atoms with Gasteiger partial charge in [0.2, 0.25) is 0 Å². The SMILES string of the molecule is COc1c(OC(F)(F)F)cc(N)nc1C#N. The Balaban J connectivity index is 3.27. The molecule has 0 aliphatic rings. The lowest BCUT2D eigenvalue weighted by Crippen LogP contribution is -2.18. The molecule has 1 aromatic heterocycles. The summed E-state index contributed by atoms with van der Waals surface area (Å²) in [6, 6.07) is 2.38. The highest BCUT2D eigenvalue weighted by Crippen LogP contribution is 2.35. The zero-order chi connectivity index (χ0) is 12.3. The predicted molar refractivity (Wildman–Crippen MR) is 46.6 cm³/mol. The Bertz CT molecular complexity index is 439. The van der Waals surface area contributed by atoms with E-state index in [0.29, 0.717) is 0 Å². The van der Waals surface area contributed by atoms with E-state index < -0.39 is 17.9 Å². The Morgan fingerprint density at radius 2 is 2.12 bits per heavy atom. The van der Waals surface area contributed by atoms with Crippen molar-refractivity contribution in [3.8, 4) is 17.6 Å². The van der Waals surface area contributed by atoms with Crippen LogP contribution in [0.5, 0.6) is 11.5 Å². The minimum Gasteiger partial charge on any atom is -0.490 e. The topological polar surface area (TPSA) is 81.2 Å². The molecule has 86 valence electrons. The van der Waals surface area contributed by atoms with E-state index in [9.17, 15) is 13.2 Å². The highest BCUT2D eigenvalue weighted by molar-refractivity contribution is 5.54. The van der Waals surface area contributed by atoms with Crippen molar-refractivity contribution in [1.82, 2.24) is 4.98 Å². The van der Waals surface area contributed by atoms with Crippen molar-refractivity contribution in [3.05, 3.63) is 11.8 Å². The van der Waals surface area contributed by atoms with E-state index in [1.807, 2.05) is 0 Å². The van der Waals surface area contributed by atoms with Crippen molar-refractivity contribution in [2.45, 2.75) is 6.36 Å². The number of hydrogen-bond donors (Lipinski definition) is 1. The summed E-state index contributed by atoms with van der Waals surface area (Å²) >= 11 is 0. The van der Waals surface area contributed by atoms with Gasteiger partial charge in [-0.05, 0) is 0 Å². The molecule has 2 N–H and O–H groups in total. The van der Waals surface area contributed by atoms with Crippen LogP contribution in [0.25, 0.3) is 0 Å². The number of nitriles is 1. The van der Waals surface area contributed by atoms with Crippen molar-refractivity contribution in [1.29, 1.82) is 5.26 Å². The summed E-state index contributed by atoms with van der Waals surface area (Å²) in [4.78, 5) is 3.50. The maximum atomic E-state index is 12.0. The molecule has 0 radical (unpaired) electrons. The minimum atomic E-state index is -4.90. The summed E-state index contributed by atoms with van der Waals surface area (Å²) in [6.45, 7) is 0. The Kier molecular flexibility index (Phi) is 3.08. The van der Waals surface area contributed by atoms with Crippen molar-refractivity contribution < 1.29 is 22.6 Å². The van der Waals surface area contributed by atoms with Gasteiger partial charge in [-0.1, -0.05) is 0 Å². The largest absolute Gasteiger partial charge is 0.573 e. The van der Waals surface area contributed by atoms with Crippen LogP contribution >= 0.6 is 0 Å². The lowest BCUT2D eigenvalue weighted by atomic mass is 10.3. The fourth-order valence-corrected chi connectivity index (χ4v) is 1.00. The Morgan fingerprint density at radius 1 is 1.50 bits per heavy atom. The number of pyridine rings is 1. The summed E-state index contributed by atoms with van der Waals surface area (Å²) in [7, 11) is 1.09. The van der Waals surface area contributed by atoms with Gasteiger partial charge in [0.15, 0.2) is 17.2 Å². The van der Waals surface area contributed by atoms with Crippen LogP contribution in [0, 0.1) is 11.3 Å². The van der Waals surface area contributed by atoms with E-state index in [1.165, 1.54) is 0 Å². The standard InChI is InChI=1S/C8H6F3N3O2/c1-15-7-4(3-12)14-6(13)2-5(7)16-8(9,10)11/h2H,1H3,(H2,13,14). The number of anilines is 1. The number of ether oxygens (including phenoxy) is 2. The molecule has 0 amide bonds. The summed E-state index contributed by atoms with van der Waals surface area (Å²) in [5, 5.41) is 8.61. The molecule has 0 unspecified atom stereocenters. The quantitative estimate of drug-likeness (QED) is 0.835. The lowest BCUT2D eigenvalue weighted by Gasteiger charge is -2.13. The van der Waals surface area contributed by atoms with Crippen molar-refractivity contribution in [3.63, 3.8) is 0 Å². The molecule has 0 saturated carbocycles. The zero-order valence-electron chi connectivity index (χ0n) is 8.00. The minimum absolute atomic E-state index is 0.267. The summed E-state index contributed by atoms with van der Waals surface area (Å²) in [5.74, 6) is -1.37. The molecular formula is C8H6F3N3O2. The highest BCUT2D eigenvalue weighted by atomic mass is 19.4. The van der Waals surface area contributed by atoms with Crippen LogP contribution in [0.1, 0.15) is 5.69 Å². The Hall–Kier alpha value is -2.17. The molecule has 1 aromatic rings. The second-order valence-electron chi connectivity index (χ2n) is 2.59. The first-order valence-electron chi connectivity index (χ1n) is 3.87. The maximum absolute atomic E-state index is 12.0. The van der Waals surface area contributed by atoms with Gasteiger partial charge in [0.1, 0.15) is 11.9 Å². The van der Waals surface area contributed by atoms with E-state index in [-0.39, 0.29) is 11.5 Å². The number of rotatable bonds is 2. The lowest BCUT2D eigenvalue weighted by molar-refractivity contribution is -0.275.